The van der Waals surface area contributed by atoms with E-state index in [1.54, 1.807) is 0 Å². The molecular weight excluding hydrogens is 182 g/mol. The summed E-state index contributed by atoms with van der Waals surface area (Å²) < 4.78 is 4.51. The van der Waals surface area contributed by atoms with Gasteiger partial charge in [0.2, 0.25) is 0 Å². The highest BCUT2D eigenvalue weighted by Crippen LogP contribution is 1.90. The first-order valence-corrected chi connectivity index (χ1v) is 3.96. The second kappa shape index (κ2) is 5.84. The van der Waals surface area contributed by atoms with Crippen molar-refractivity contribution in [2.45, 2.75) is 12.5 Å². The van der Waals surface area contributed by atoms with Crippen LogP contribution in [0, 0.1) is 0 Å². The summed E-state index contributed by atoms with van der Waals surface area (Å²) in [7, 11) is 0. The zero-order valence-corrected chi connectivity index (χ0v) is 7.29. The first-order valence-electron chi connectivity index (χ1n) is 3.32. The van der Waals surface area contributed by atoms with Gasteiger partial charge in [0.05, 0.1) is 6.42 Å². The lowest BCUT2D eigenvalue weighted by molar-refractivity contribution is -0.147. The van der Waals surface area contributed by atoms with Gasteiger partial charge in [-0.1, -0.05) is 0 Å². The molecule has 1 atom stereocenters. The van der Waals surface area contributed by atoms with Crippen LogP contribution in [0.3, 0.4) is 0 Å². The molecule has 0 aromatic carbocycles. The van der Waals surface area contributed by atoms with E-state index in [-0.39, 0.29) is 18.8 Å². The van der Waals surface area contributed by atoms with Gasteiger partial charge in [-0.15, -0.1) is 0 Å². The molecule has 0 aliphatic carbocycles. The van der Waals surface area contributed by atoms with E-state index < -0.39 is 18.0 Å². The van der Waals surface area contributed by atoms with Crippen molar-refractivity contribution in [2.24, 2.45) is 5.73 Å². The van der Waals surface area contributed by atoms with Crippen LogP contribution in [0.5, 0.6) is 0 Å². The van der Waals surface area contributed by atoms with Crippen LogP contribution >= 0.6 is 12.6 Å². The van der Waals surface area contributed by atoms with E-state index in [1.807, 2.05) is 0 Å². The number of rotatable bonds is 5. The smallest absolute Gasteiger partial charge is 0.323 e. The quantitative estimate of drug-likeness (QED) is 0.395. The third-order valence-electron chi connectivity index (χ3n) is 1.06. The third kappa shape index (κ3) is 4.97. The van der Waals surface area contributed by atoms with E-state index in [0.29, 0.717) is 0 Å². The van der Waals surface area contributed by atoms with Gasteiger partial charge in [-0.2, -0.15) is 12.6 Å². The lowest BCUT2D eigenvalue weighted by Gasteiger charge is -2.07. The monoisotopic (exact) mass is 193 g/mol. The van der Waals surface area contributed by atoms with Crippen molar-refractivity contribution in [1.82, 2.24) is 0 Å². The van der Waals surface area contributed by atoms with Crippen molar-refractivity contribution in [3.63, 3.8) is 0 Å². The minimum absolute atomic E-state index is 0.143. The first kappa shape index (κ1) is 11.2. The Balaban J connectivity index is 3.50. The molecule has 5 nitrogen and oxygen atoms in total. The van der Waals surface area contributed by atoms with E-state index in [2.05, 4.69) is 17.4 Å². The van der Waals surface area contributed by atoms with Crippen LogP contribution in [0.25, 0.3) is 0 Å². The Morgan fingerprint density at radius 1 is 1.58 bits per heavy atom. The maximum Gasteiger partial charge on any atom is 0.323 e. The fourth-order valence-electron chi connectivity index (χ4n) is 0.421. The van der Waals surface area contributed by atoms with E-state index in [0.717, 1.165) is 0 Å². The van der Waals surface area contributed by atoms with Gasteiger partial charge in [0.15, 0.2) is 0 Å². The van der Waals surface area contributed by atoms with Crippen LogP contribution in [-0.2, 0) is 14.3 Å². The largest absolute Gasteiger partial charge is 0.481 e. The summed E-state index contributed by atoms with van der Waals surface area (Å²) in [5, 5.41) is 8.18. The number of esters is 1. The summed E-state index contributed by atoms with van der Waals surface area (Å²) >= 11 is 3.78. The van der Waals surface area contributed by atoms with Crippen molar-refractivity contribution in [1.29, 1.82) is 0 Å². The molecule has 0 aromatic rings. The maximum atomic E-state index is 10.8. The second-order valence-corrected chi connectivity index (χ2v) is 2.47. The second-order valence-electron chi connectivity index (χ2n) is 2.10. The Bertz CT molecular complexity index is 173. The molecule has 0 aliphatic heterocycles. The molecule has 0 saturated heterocycles. The summed E-state index contributed by atoms with van der Waals surface area (Å²) in [6.07, 6.45) is -0.203. The van der Waals surface area contributed by atoms with Gasteiger partial charge in [0.25, 0.3) is 0 Å². The Morgan fingerprint density at radius 2 is 2.17 bits per heavy atom. The maximum absolute atomic E-state index is 10.8. The van der Waals surface area contributed by atoms with Crippen molar-refractivity contribution >= 4 is 24.6 Å². The first-order chi connectivity index (χ1) is 5.57. The molecule has 0 heterocycles. The van der Waals surface area contributed by atoms with Crippen molar-refractivity contribution < 1.29 is 19.4 Å². The number of carboxylic acid groups (broad SMARTS) is 1. The molecule has 6 heteroatoms. The topological polar surface area (TPSA) is 89.6 Å². The highest BCUT2D eigenvalue weighted by atomic mass is 32.1. The van der Waals surface area contributed by atoms with E-state index in [4.69, 9.17) is 10.8 Å². The molecule has 0 unspecified atom stereocenters. The SMILES string of the molecule is N[C@@H](CS)C(=O)OCCC(=O)O. The number of nitrogens with two attached hydrogens (primary N) is 1. The van der Waals surface area contributed by atoms with Crippen LogP contribution < -0.4 is 5.73 Å². The molecule has 70 valence electrons. The zero-order chi connectivity index (χ0) is 9.56. The predicted octanol–water partition coefficient (Wildman–Crippen LogP) is -0.739. The number of hydrogen-bond acceptors (Lipinski definition) is 5. The average Bonchev–Trinajstić information content (AvgIpc) is 2.02. The number of carboxylic acids is 1. The molecule has 0 aliphatic rings. The molecule has 3 N–H and O–H groups in total. The van der Waals surface area contributed by atoms with E-state index in [1.165, 1.54) is 0 Å². The van der Waals surface area contributed by atoms with Gasteiger partial charge in [0.1, 0.15) is 12.6 Å². The van der Waals surface area contributed by atoms with Crippen molar-refractivity contribution in [2.75, 3.05) is 12.4 Å². The fraction of sp³-hybridized carbons (Fsp3) is 0.667. The molecule has 0 aromatic heterocycles. The minimum Gasteiger partial charge on any atom is -0.481 e. The summed E-state index contributed by atoms with van der Waals surface area (Å²) in [5.41, 5.74) is 5.24. The Kier molecular flexibility index (Phi) is 5.48. The predicted molar refractivity (Wildman–Crippen MR) is 45.0 cm³/mol. The minimum atomic E-state index is -1.01. The van der Waals surface area contributed by atoms with Gasteiger partial charge < -0.3 is 15.6 Å². The lowest BCUT2D eigenvalue weighted by Crippen LogP contribution is -2.34. The highest BCUT2D eigenvalue weighted by molar-refractivity contribution is 7.80. The van der Waals surface area contributed by atoms with Crippen LogP contribution in [-0.4, -0.2) is 35.4 Å². The van der Waals surface area contributed by atoms with Crippen molar-refractivity contribution in [3.05, 3.63) is 0 Å². The number of carbonyl (C=O) groups is 2. The number of ether oxygens (including phenoxy) is 1. The van der Waals surface area contributed by atoms with Crippen LogP contribution in [0.1, 0.15) is 6.42 Å². The number of hydrogen-bond donors (Lipinski definition) is 3. The highest BCUT2D eigenvalue weighted by Gasteiger charge is 2.12. The summed E-state index contributed by atoms with van der Waals surface area (Å²) in [6.45, 7) is -0.143. The molecular formula is C6H11NO4S. The Hall–Kier alpha value is -0.750. The van der Waals surface area contributed by atoms with Crippen LogP contribution in [0.2, 0.25) is 0 Å². The summed E-state index contributed by atoms with van der Waals surface area (Å²) in [5.74, 6) is -1.44. The van der Waals surface area contributed by atoms with Gasteiger partial charge in [-0.25, -0.2) is 0 Å². The van der Waals surface area contributed by atoms with Crippen molar-refractivity contribution in [3.8, 4) is 0 Å². The molecule has 0 saturated carbocycles. The van der Waals surface area contributed by atoms with E-state index >= 15 is 0 Å². The lowest BCUT2D eigenvalue weighted by atomic mass is 10.4. The number of thiol groups is 1. The summed E-state index contributed by atoms with van der Waals surface area (Å²) in [4.78, 5) is 20.7. The van der Waals surface area contributed by atoms with Gasteiger partial charge in [-0.3, -0.25) is 9.59 Å². The Labute approximate surface area is 75.3 Å². The van der Waals surface area contributed by atoms with Gasteiger partial charge in [0, 0.05) is 5.75 Å². The zero-order valence-electron chi connectivity index (χ0n) is 6.40. The van der Waals surface area contributed by atoms with E-state index in [9.17, 15) is 9.59 Å². The molecule has 0 bridgehead atoms. The Morgan fingerprint density at radius 3 is 2.58 bits per heavy atom. The average molecular weight is 193 g/mol. The number of aliphatic carboxylic acids is 1. The molecule has 0 fully saturated rings. The number of carbonyl (C=O) groups excluding carboxylic acids is 1. The van der Waals surface area contributed by atoms with Crippen LogP contribution in [0.15, 0.2) is 0 Å². The molecule has 0 spiro atoms. The van der Waals surface area contributed by atoms with Gasteiger partial charge in [-0.05, 0) is 0 Å². The van der Waals surface area contributed by atoms with Gasteiger partial charge >= 0.3 is 11.9 Å². The normalized spacial score (nSPS) is 12.2. The molecule has 0 radical (unpaired) electrons. The van der Waals surface area contributed by atoms with Crippen LogP contribution in [0.4, 0.5) is 0 Å². The molecule has 0 amide bonds. The molecule has 12 heavy (non-hydrogen) atoms. The standard InChI is InChI=1S/C6H11NO4S/c7-4(3-12)6(10)11-2-1-5(8)9/h4,12H,1-3,7H2,(H,8,9)/t4-/m0/s1. The fourth-order valence-corrected chi connectivity index (χ4v) is 0.570. The third-order valence-corrected chi connectivity index (χ3v) is 1.45. The molecule has 0 rings (SSSR count). The summed E-state index contributed by atoms with van der Waals surface area (Å²) in [6, 6.07) is -0.776.